The molecule has 0 aliphatic carbocycles. The van der Waals surface area contributed by atoms with Gasteiger partial charge in [-0.1, -0.05) is 17.8 Å². The number of hydrogen-bond acceptors (Lipinski definition) is 6. The molecule has 2 aromatic heterocycles. The molecule has 0 spiro atoms. The third kappa shape index (κ3) is 3.03. The number of ether oxygens (including phenoxy) is 1. The highest BCUT2D eigenvalue weighted by molar-refractivity contribution is 7.98. The molecule has 0 bridgehead atoms. The SMILES string of the molecule is CCOC(=O)c1sc2cccc(F)c2c1CSc1nnc(C)n1C. The van der Waals surface area contributed by atoms with E-state index in [1.165, 1.54) is 29.2 Å². The molecule has 2 heterocycles. The number of hydrogen-bond donors (Lipinski definition) is 0. The van der Waals surface area contributed by atoms with Gasteiger partial charge in [0.2, 0.25) is 0 Å². The van der Waals surface area contributed by atoms with Gasteiger partial charge in [0.25, 0.3) is 0 Å². The number of rotatable bonds is 5. The number of benzene rings is 1. The Labute approximate surface area is 146 Å². The average Bonchev–Trinajstić information content (AvgIpc) is 3.08. The number of thioether (sulfide) groups is 1. The van der Waals surface area contributed by atoms with Crippen LogP contribution in [-0.2, 0) is 17.5 Å². The Morgan fingerprint density at radius 1 is 1.42 bits per heavy atom. The fourth-order valence-corrected chi connectivity index (χ4v) is 4.52. The van der Waals surface area contributed by atoms with E-state index in [-0.39, 0.29) is 12.4 Å². The molecule has 0 amide bonds. The first-order valence-corrected chi connectivity index (χ1v) is 9.19. The Balaban J connectivity index is 2.02. The minimum atomic E-state index is -0.414. The van der Waals surface area contributed by atoms with Crippen molar-refractivity contribution < 1.29 is 13.9 Å². The van der Waals surface area contributed by atoms with Gasteiger partial charge in [0.05, 0.1) is 6.61 Å². The van der Waals surface area contributed by atoms with Crippen molar-refractivity contribution in [1.82, 2.24) is 14.8 Å². The molecule has 0 fully saturated rings. The van der Waals surface area contributed by atoms with Gasteiger partial charge in [0, 0.05) is 22.9 Å². The highest BCUT2D eigenvalue weighted by Crippen LogP contribution is 2.37. The third-order valence-corrected chi connectivity index (χ3v) is 5.85. The Kier molecular flexibility index (Phi) is 4.86. The van der Waals surface area contributed by atoms with Crippen LogP contribution in [0.25, 0.3) is 10.1 Å². The van der Waals surface area contributed by atoms with Crippen LogP contribution in [0.15, 0.2) is 23.4 Å². The van der Waals surface area contributed by atoms with Crippen LogP contribution in [0.2, 0.25) is 0 Å². The van der Waals surface area contributed by atoms with Crippen molar-refractivity contribution in [3.8, 4) is 0 Å². The number of thiophene rings is 1. The predicted molar refractivity (Wildman–Crippen MR) is 93.0 cm³/mol. The summed E-state index contributed by atoms with van der Waals surface area (Å²) < 4.78 is 22.1. The molecule has 0 aliphatic rings. The fourth-order valence-electron chi connectivity index (χ4n) is 2.32. The standard InChI is InChI=1S/C16H16FN3O2S2/c1-4-22-15(21)14-10(8-23-16-19-18-9(2)20(16)3)13-11(17)6-5-7-12(13)24-14/h5-7H,4,8H2,1-3H3. The average molecular weight is 365 g/mol. The van der Waals surface area contributed by atoms with Crippen LogP contribution in [0.3, 0.4) is 0 Å². The van der Waals surface area contributed by atoms with Crippen molar-refractivity contribution in [2.45, 2.75) is 24.8 Å². The minimum absolute atomic E-state index is 0.282. The Bertz CT molecular complexity index is 904. The van der Waals surface area contributed by atoms with Crippen LogP contribution < -0.4 is 0 Å². The summed E-state index contributed by atoms with van der Waals surface area (Å²) in [6.45, 7) is 3.90. The lowest BCUT2D eigenvalue weighted by molar-refractivity contribution is 0.0531. The van der Waals surface area contributed by atoms with Crippen LogP contribution in [0.1, 0.15) is 28.0 Å². The van der Waals surface area contributed by atoms with Crippen LogP contribution in [0, 0.1) is 12.7 Å². The minimum Gasteiger partial charge on any atom is -0.462 e. The first kappa shape index (κ1) is 16.9. The van der Waals surface area contributed by atoms with Crippen LogP contribution in [-0.4, -0.2) is 27.3 Å². The van der Waals surface area contributed by atoms with Crippen molar-refractivity contribution in [2.75, 3.05) is 6.61 Å². The molecule has 3 aromatic rings. The number of halogens is 1. The molecule has 0 aliphatic heterocycles. The predicted octanol–water partition coefficient (Wildman–Crippen LogP) is 3.95. The summed E-state index contributed by atoms with van der Waals surface area (Å²) in [6.07, 6.45) is 0. The Hall–Kier alpha value is -1.93. The van der Waals surface area contributed by atoms with E-state index in [1.54, 1.807) is 13.0 Å². The third-order valence-electron chi connectivity index (χ3n) is 3.62. The largest absolute Gasteiger partial charge is 0.462 e. The molecule has 0 radical (unpaired) electrons. The number of nitrogens with zero attached hydrogens (tertiary/aromatic N) is 3. The van der Waals surface area contributed by atoms with E-state index >= 15 is 0 Å². The molecular formula is C16H16FN3O2S2. The van der Waals surface area contributed by atoms with Crippen molar-refractivity contribution in [1.29, 1.82) is 0 Å². The molecule has 5 nitrogen and oxygen atoms in total. The molecule has 1 aromatic carbocycles. The summed E-state index contributed by atoms with van der Waals surface area (Å²) >= 11 is 2.68. The number of carbonyl (C=O) groups is 1. The summed E-state index contributed by atoms with van der Waals surface area (Å²) in [6, 6.07) is 4.86. The first-order chi connectivity index (χ1) is 11.5. The lowest BCUT2D eigenvalue weighted by Gasteiger charge is -2.05. The van der Waals surface area contributed by atoms with E-state index in [1.807, 2.05) is 24.6 Å². The highest BCUT2D eigenvalue weighted by atomic mass is 32.2. The molecule has 3 rings (SSSR count). The lowest BCUT2D eigenvalue weighted by atomic mass is 10.1. The van der Waals surface area contributed by atoms with Crippen LogP contribution in [0.4, 0.5) is 4.39 Å². The van der Waals surface area contributed by atoms with Crippen molar-refractivity contribution in [2.24, 2.45) is 7.05 Å². The zero-order valence-electron chi connectivity index (χ0n) is 13.5. The zero-order valence-corrected chi connectivity index (χ0v) is 15.1. The molecule has 0 unspecified atom stereocenters. The van der Waals surface area contributed by atoms with Crippen LogP contribution in [0.5, 0.6) is 0 Å². The summed E-state index contributed by atoms with van der Waals surface area (Å²) in [5.74, 6) is 0.470. The Morgan fingerprint density at radius 3 is 2.88 bits per heavy atom. The van der Waals surface area contributed by atoms with Gasteiger partial charge in [-0.3, -0.25) is 0 Å². The number of esters is 1. The van der Waals surface area contributed by atoms with Gasteiger partial charge >= 0.3 is 5.97 Å². The van der Waals surface area contributed by atoms with Crippen molar-refractivity contribution in [3.05, 3.63) is 40.3 Å². The molecule has 8 heteroatoms. The van der Waals surface area contributed by atoms with Crippen molar-refractivity contribution >= 4 is 39.2 Å². The molecule has 24 heavy (non-hydrogen) atoms. The van der Waals surface area contributed by atoms with Gasteiger partial charge < -0.3 is 9.30 Å². The fraction of sp³-hybridized carbons (Fsp3) is 0.312. The number of fused-ring (bicyclic) bond motifs is 1. The van der Waals surface area contributed by atoms with Gasteiger partial charge in [-0.15, -0.1) is 21.5 Å². The van der Waals surface area contributed by atoms with E-state index in [0.717, 1.165) is 15.7 Å². The van der Waals surface area contributed by atoms with Gasteiger partial charge in [-0.05, 0) is 31.5 Å². The van der Waals surface area contributed by atoms with Gasteiger partial charge in [0.1, 0.15) is 16.5 Å². The molecular weight excluding hydrogens is 349 g/mol. The topological polar surface area (TPSA) is 57.0 Å². The summed E-state index contributed by atoms with van der Waals surface area (Å²) in [5.41, 5.74) is 0.650. The molecule has 0 saturated heterocycles. The Morgan fingerprint density at radius 2 is 2.21 bits per heavy atom. The van der Waals surface area contributed by atoms with Gasteiger partial charge in [-0.25, -0.2) is 9.18 Å². The molecule has 0 N–H and O–H groups in total. The second kappa shape index (κ2) is 6.90. The number of carbonyl (C=O) groups excluding carboxylic acids is 1. The smallest absolute Gasteiger partial charge is 0.348 e. The van der Waals surface area contributed by atoms with Gasteiger partial charge in [0.15, 0.2) is 5.16 Å². The maximum absolute atomic E-state index is 14.3. The van der Waals surface area contributed by atoms with E-state index in [4.69, 9.17) is 4.74 Å². The normalized spacial score (nSPS) is 11.2. The van der Waals surface area contributed by atoms with Crippen molar-refractivity contribution in [3.63, 3.8) is 0 Å². The van der Waals surface area contributed by atoms with E-state index in [9.17, 15) is 9.18 Å². The highest BCUT2D eigenvalue weighted by Gasteiger charge is 2.22. The maximum atomic E-state index is 14.3. The lowest BCUT2D eigenvalue weighted by Crippen LogP contribution is -2.05. The molecule has 0 saturated carbocycles. The first-order valence-electron chi connectivity index (χ1n) is 7.38. The second-order valence-electron chi connectivity index (χ2n) is 5.12. The number of aromatic nitrogens is 3. The molecule has 0 atom stereocenters. The van der Waals surface area contributed by atoms with Gasteiger partial charge in [-0.2, -0.15) is 0 Å². The molecule has 126 valence electrons. The van der Waals surface area contributed by atoms with Crippen LogP contribution >= 0.6 is 23.1 Å². The summed E-state index contributed by atoms with van der Waals surface area (Å²) in [7, 11) is 1.87. The monoisotopic (exact) mass is 365 g/mol. The maximum Gasteiger partial charge on any atom is 0.348 e. The number of aryl methyl sites for hydroxylation is 1. The second-order valence-corrected chi connectivity index (χ2v) is 7.12. The quantitative estimate of drug-likeness (QED) is 0.506. The zero-order chi connectivity index (χ0) is 17.3. The summed E-state index contributed by atoms with van der Waals surface area (Å²) in [4.78, 5) is 12.7. The summed E-state index contributed by atoms with van der Waals surface area (Å²) in [5, 5.41) is 9.31. The van der Waals surface area contributed by atoms with E-state index in [0.29, 0.717) is 21.6 Å². The van der Waals surface area contributed by atoms with E-state index < -0.39 is 5.97 Å². The van der Waals surface area contributed by atoms with E-state index in [2.05, 4.69) is 10.2 Å².